The number of nitro groups is 1. The summed E-state index contributed by atoms with van der Waals surface area (Å²) < 4.78 is 0. The number of benzene rings is 1. The molecule has 2 aromatic rings. The predicted molar refractivity (Wildman–Crippen MR) is 94.3 cm³/mol. The van der Waals surface area contributed by atoms with Crippen LogP contribution in [0.15, 0.2) is 35.5 Å². The van der Waals surface area contributed by atoms with Crippen molar-refractivity contribution >= 4 is 23.3 Å². The minimum absolute atomic E-state index is 0.0990. The van der Waals surface area contributed by atoms with Crippen LogP contribution in [0.25, 0.3) is 0 Å². The molecule has 1 aliphatic heterocycles. The van der Waals surface area contributed by atoms with Crippen molar-refractivity contribution in [2.75, 3.05) is 24.2 Å². The predicted octanol–water partition coefficient (Wildman–Crippen LogP) is 3.11. The zero-order valence-corrected chi connectivity index (χ0v) is 14.0. The Kier molecular flexibility index (Phi) is 4.96. The molecule has 6 nitrogen and oxygen atoms in total. The number of rotatable bonds is 3. The molecule has 1 aromatic carbocycles. The van der Waals surface area contributed by atoms with Crippen molar-refractivity contribution in [3.8, 4) is 11.8 Å². The molecule has 1 aromatic heterocycles. The van der Waals surface area contributed by atoms with Gasteiger partial charge in [-0.2, -0.15) is 4.98 Å². The molecule has 0 bridgehead atoms. The Morgan fingerprint density at radius 3 is 2.50 bits per heavy atom. The number of hydrogen-bond acceptors (Lipinski definition) is 6. The van der Waals surface area contributed by atoms with E-state index in [0.717, 1.165) is 31.5 Å². The van der Waals surface area contributed by atoms with Crippen LogP contribution in [0.2, 0.25) is 0 Å². The van der Waals surface area contributed by atoms with Gasteiger partial charge in [0.25, 0.3) is 0 Å². The molecule has 0 amide bonds. The molecule has 1 fully saturated rings. The van der Waals surface area contributed by atoms with Crippen molar-refractivity contribution in [1.29, 1.82) is 0 Å². The topological polar surface area (TPSA) is 72.2 Å². The van der Waals surface area contributed by atoms with E-state index in [4.69, 9.17) is 0 Å². The first-order valence-electron chi connectivity index (χ1n) is 7.61. The van der Waals surface area contributed by atoms with Crippen LogP contribution < -0.4 is 4.90 Å². The average Bonchev–Trinajstić information content (AvgIpc) is 3.14. The van der Waals surface area contributed by atoms with Gasteiger partial charge in [0.05, 0.1) is 4.92 Å². The lowest BCUT2D eigenvalue weighted by Crippen LogP contribution is -2.21. The van der Waals surface area contributed by atoms with Crippen molar-refractivity contribution in [3.63, 3.8) is 0 Å². The minimum Gasteiger partial charge on any atom is -0.351 e. The summed E-state index contributed by atoms with van der Waals surface area (Å²) in [5.74, 6) is 6.20. The van der Waals surface area contributed by atoms with Gasteiger partial charge in [-0.15, -0.1) is 0 Å². The SMILES string of the molecule is CSc1nc(C#Cc2ccccc2)c([N+](=O)[O-])c(N2CCCC2)n1. The van der Waals surface area contributed by atoms with Crippen molar-refractivity contribution in [3.05, 3.63) is 51.7 Å². The Labute approximate surface area is 144 Å². The zero-order chi connectivity index (χ0) is 16.9. The Morgan fingerprint density at radius 2 is 1.88 bits per heavy atom. The molecule has 24 heavy (non-hydrogen) atoms. The normalized spacial score (nSPS) is 13.5. The van der Waals surface area contributed by atoms with Crippen molar-refractivity contribution in [2.24, 2.45) is 0 Å². The maximum absolute atomic E-state index is 11.6. The lowest BCUT2D eigenvalue weighted by Gasteiger charge is -2.16. The molecule has 0 radical (unpaired) electrons. The van der Waals surface area contributed by atoms with Crippen LogP contribution in [-0.2, 0) is 0 Å². The van der Waals surface area contributed by atoms with Crippen molar-refractivity contribution in [1.82, 2.24) is 9.97 Å². The third kappa shape index (κ3) is 3.49. The van der Waals surface area contributed by atoms with Crippen LogP contribution in [0.4, 0.5) is 11.5 Å². The highest BCUT2D eigenvalue weighted by Gasteiger charge is 2.29. The quantitative estimate of drug-likeness (QED) is 0.281. The van der Waals surface area contributed by atoms with E-state index in [0.29, 0.717) is 11.0 Å². The fraction of sp³-hybridized carbons (Fsp3) is 0.294. The van der Waals surface area contributed by atoms with Gasteiger partial charge < -0.3 is 4.90 Å². The summed E-state index contributed by atoms with van der Waals surface area (Å²) in [4.78, 5) is 21.8. The monoisotopic (exact) mass is 340 g/mol. The van der Waals surface area contributed by atoms with Crippen LogP contribution >= 0.6 is 11.8 Å². The third-order valence-electron chi connectivity index (χ3n) is 3.71. The molecule has 0 atom stereocenters. The number of hydrogen-bond donors (Lipinski definition) is 0. The summed E-state index contributed by atoms with van der Waals surface area (Å²) in [5.41, 5.74) is 0.863. The highest BCUT2D eigenvalue weighted by Crippen LogP contribution is 2.32. The minimum atomic E-state index is -0.424. The summed E-state index contributed by atoms with van der Waals surface area (Å²) in [5, 5.41) is 12.1. The Bertz CT molecular complexity index is 809. The highest BCUT2D eigenvalue weighted by molar-refractivity contribution is 7.98. The number of nitrogens with zero attached hydrogens (tertiary/aromatic N) is 4. The van der Waals surface area contributed by atoms with Crippen LogP contribution in [0, 0.1) is 22.0 Å². The summed E-state index contributed by atoms with van der Waals surface area (Å²) in [6, 6.07) is 9.37. The van der Waals surface area contributed by atoms with E-state index in [1.54, 1.807) is 0 Å². The van der Waals surface area contributed by atoms with E-state index in [1.165, 1.54) is 11.8 Å². The maximum Gasteiger partial charge on any atom is 0.345 e. The molecule has 0 saturated carbocycles. The fourth-order valence-corrected chi connectivity index (χ4v) is 2.93. The first kappa shape index (κ1) is 16.3. The third-order valence-corrected chi connectivity index (χ3v) is 4.26. The molecule has 1 saturated heterocycles. The fourth-order valence-electron chi connectivity index (χ4n) is 2.57. The maximum atomic E-state index is 11.6. The Balaban J connectivity index is 2.11. The molecule has 0 unspecified atom stereocenters. The molecular weight excluding hydrogens is 324 g/mol. The standard InChI is InChI=1S/C17H16N4O2S/c1-24-17-18-14(10-9-13-7-3-2-4-8-13)15(21(22)23)16(19-17)20-11-5-6-12-20/h2-4,7-8H,5-6,11-12H2,1H3. The van der Waals surface area contributed by atoms with Gasteiger partial charge in [-0.25, -0.2) is 4.98 Å². The first-order chi connectivity index (χ1) is 11.7. The summed E-state index contributed by atoms with van der Waals surface area (Å²) in [7, 11) is 0. The van der Waals surface area contributed by atoms with Gasteiger partial charge >= 0.3 is 5.69 Å². The van der Waals surface area contributed by atoms with Gasteiger partial charge in [-0.1, -0.05) is 35.9 Å². The number of thioether (sulfide) groups is 1. The van der Waals surface area contributed by atoms with Gasteiger partial charge in [-0.3, -0.25) is 10.1 Å². The summed E-state index contributed by atoms with van der Waals surface area (Å²) in [6.45, 7) is 1.55. The number of aromatic nitrogens is 2. The van der Waals surface area contributed by atoms with Crippen molar-refractivity contribution in [2.45, 2.75) is 18.0 Å². The van der Waals surface area contributed by atoms with Gasteiger partial charge in [0.15, 0.2) is 10.9 Å². The van der Waals surface area contributed by atoms with Crippen LogP contribution in [0.3, 0.4) is 0 Å². The second-order valence-electron chi connectivity index (χ2n) is 5.30. The van der Waals surface area contributed by atoms with Crippen LogP contribution in [-0.4, -0.2) is 34.2 Å². The average molecular weight is 340 g/mol. The van der Waals surface area contributed by atoms with Crippen molar-refractivity contribution < 1.29 is 4.92 Å². The molecule has 0 N–H and O–H groups in total. The molecule has 122 valence electrons. The molecule has 0 spiro atoms. The molecule has 1 aliphatic rings. The van der Waals surface area contributed by atoms with E-state index in [-0.39, 0.29) is 11.4 Å². The molecule has 2 heterocycles. The molecule has 7 heteroatoms. The summed E-state index contributed by atoms with van der Waals surface area (Å²) >= 11 is 1.36. The van der Waals surface area contributed by atoms with E-state index >= 15 is 0 Å². The molecule has 3 rings (SSSR count). The molecular formula is C17H16N4O2S. The Hall–Kier alpha value is -2.59. The number of anilines is 1. The van der Waals surface area contributed by atoms with Gasteiger partial charge in [-0.05, 0) is 37.2 Å². The largest absolute Gasteiger partial charge is 0.351 e. The smallest absolute Gasteiger partial charge is 0.345 e. The lowest BCUT2D eigenvalue weighted by atomic mass is 10.2. The second kappa shape index (κ2) is 7.32. The van der Waals surface area contributed by atoms with E-state index in [1.807, 2.05) is 41.5 Å². The highest BCUT2D eigenvalue weighted by atomic mass is 32.2. The molecule has 0 aliphatic carbocycles. The lowest BCUT2D eigenvalue weighted by molar-refractivity contribution is -0.384. The van der Waals surface area contributed by atoms with E-state index in [2.05, 4.69) is 21.8 Å². The Morgan fingerprint density at radius 1 is 1.17 bits per heavy atom. The van der Waals surface area contributed by atoms with Gasteiger partial charge in [0, 0.05) is 18.7 Å². The van der Waals surface area contributed by atoms with Crippen LogP contribution in [0.5, 0.6) is 0 Å². The van der Waals surface area contributed by atoms with Gasteiger partial charge in [0.1, 0.15) is 0 Å². The summed E-state index contributed by atoms with van der Waals surface area (Å²) in [6.07, 6.45) is 3.88. The van der Waals surface area contributed by atoms with Crippen LogP contribution in [0.1, 0.15) is 24.1 Å². The zero-order valence-electron chi connectivity index (χ0n) is 13.2. The van der Waals surface area contributed by atoms with E-state index in [9.17, 15) is 10.1 Å². The van der Waals surface area contributed by atoms with Gasteiger partial charge in [0.2, 0.25) is 5.82 Å². The second-order valence-corrected chi connectivity index (χ2v) is 6.07. The first-order valence-corrected chi connectivity index (χ1v) is 8.84. The van der Waals surface area contributed by atoms with E-state index < -0.39 is 4.92 Å².